The fraction of sp³-hybridized carbons (Fsp3) is 0.158. The average molecular weight is 334 g/mol. The zero-order valence-corrected chi connectivity index (χ0v) is 13.8. The highest BCUT2D eigenvalue weighted by Crippen LogP contribution is 2.31. The molecule has 1 aromatic carbocycles. The molecule has 2 aliphatic heterocycles. The van der Waals surface area contributed by atoms with Crippen LogP contribution in [-0.4, -0.2) is 21.9 Å². The second-order valence-corrected chi connectivity index (χ2v) is 5.79. The fourth-order valence-electron chi connectivity index (χ4n) is 2.95. The molecule has 0 amide bonds. The van der Waals surface area contributed by atoms with Gasteiger partial charge in [-0.05, 0) is 32.1 Å². The Morgan fingerprint density at radius 3 is 2.68 bits per heavy atom. The molecule has 0 radical (unpaired) electrons. The number of allylic oxidation sites excluding steroid dienone is 2. The molecule has 25 heavy (non-hydrogen) atoms. The molecular formula is C19H15FN4O. The Balaban J connectivity index is 1.68. The molecule has 1 aromatic heterocycles. The van der Waals surface area contributed by atoms with Crippen molar-refractivity contribution in [3.8, 4) is 16.9 Å². The van der Waals surface area contributed by atoms with E-state index in [2.05, 4.69) is 20.0 Å². The zero-order chi connectivity index (χ0) is 17.4. The minimum absolute atomic E-state index is 0.384. The Morgan fingerprint density at radius 1 is 1.12 bits per heavy atom. The standard InChI is InChI=1S/C19H15FN4O/c1-11-18(12(2)24-10-23-11)14-4-3-13(9-16(14)20)25-19-15-5-7-21-17(15)6-8-22-19/h3-5,7-10H,6H2,1-2H3. The van der Waals surface area contributed by atoms with Crippen molar-refractivity contribution in [2.24, 2.45) is 9.98 Å². The molecule has 2 aliphatic rings. The Bertz CT molecular complexity index is 969. The van der Waals surface area contributed by atoms with Gasteiger partial charge in [-0.3, -0.25) is 4.99 Å². The van der Waals surface area contributed by atoms with Crippen molar-refractivity contribution in [1.29, 1.82) is 0 Å². The summed E-state index contributed by atoms with van der Waals surface area (Å²) < 4.78 is 20.5. The number of halogens is 1. The minimum atomic E-state index is -0.389. The largest absolute Gasteiger partial charge is 0.438 e. The Kier molecular flexibility index (Phi) is 3.72. The van der Waals surface area contributed by atoms with E-state index in [1.807, 2.05) is 19.9 Å². The highest BCUT2D eigenvalue weighted by molar-refractivity contribution is 6.12. The first-order valence-electron chi connectivity index (χ1n) is 7.90. The summed E-state index contributed by atoms with van der Waals surface area (Å²) in [4.78, 5) is 16.8. The van der Waals surface area contributed by atoms with Crippen LogP contribution in [0.1, 0.15) is 17.8 Å². The summed E-state index contributed by atoms with van der Waals surface area (Å²) in [5.41, 5.74) is 4.38. The van der Waals surface area contributed by atoms with E-state index in [0.717, 1.165) is 22.7 Å². The van der Waals surface area contributed by atoms with Gasteiger partial charge in [0.2, 0.25) is 5.88 Å². The summed E-state index contributed by atoms with van der Waals surface area (Å²) in [5.74, 6) is 0.427. The summed E-state index contributed by atoms with van der Waals surface area (Å²) in [5, 5.41) is 0. The molecule has 0 unspecified atom stereocenters. The number of hydrogen-bond donors (Lipinski definition) is 0. The summed E-state index contributed by atoms with van der Waals surface area (Å²) in [6.45, 7) is 3.68. The van der Waals surface area contributed by atoms with Crippen molar-refractivity contribution < 1.29 is 9.13 Å². The molecule has 0 fully saturated rings. The number of ether oxygens (including phenoxy) is 1. The van der Waals surface area contributed by atoms with Crippen LogP contribution in [0.2, 0.25) is 0 Å². The van der Waals surface area contributed by atoms with Crippen LogP contribution < -0.4 is 4.74 Å². The van der Waals surface area contributed by atoms with Crippen LogP contribution in [0.25, 0.3) is 11.1 Å². The van der Waals surface area contributed by atoms with Crippen LogP contribution in [0.4, 0.5) is 4.39 Å². The molecule has 4 rings (SSSR count). The zero-order valence-electron chi connectivity index (χ0n) is 13.8. The fourth-order valence-corrected chi connectivity index (χ4v) is 2.95. The topological polar surface area (TPSA) is 59.7 Å². The van der Waals surface area contributed by atoms with E-state index < -0.39 is 0 Å². The smallest absolute Gasteiger partial charge is 0.228 e. The number of benzene rings is 1. The number of aryl methyl sites for hydroxylation is 2. The first kappa shape index (κ1) is 15.4. The molecular weight excluding hydrogens is 319 g/mol. The van der Waals surface area contributed by atoms with Crippen molar-refractivity contribution in [3.63, 3.8) is 0 Å². The van der Waals surface area contributed by atoms with Crippen molar-refractivity contribution in [2.75, 3.05) is 0 Å². The molecule has 124 valence electrons. The Morgan fingerprint density at radius 2 is 1.92 bits per heavy atom. The second kappa shape index (κ2) is 6.05. The highest BCUT2D eigenvalue weighted by atomic mass is 19.1. The summed E-state index contributed by atoms with van der Waals surface area (Å²) >= 11 is 0. The monoisotopic (exact) mass is 334 g/mol. The minimum Gasteiger partial charge on any atom is -0.438 e. The molecule has 0 saturated heterocycles. The van der Waals surface area contributed by atoms with E-state index in [1.54, 1.807) is 24.5 Å². The summed E-state index contributed by atoms with van der Waals surface area (Å²) in [7, 11) is 0. The second-order valence-electron chi connectivity index (χ2n) is 5.79. The van der Waals surface area contributed by atoms with Crippen molar-refractivity contribution in [2.45, 2.75) is 20.3 Å². The number of fused-ring (bicyclic) bond motifs is 1. The van der Waals surface area contributed by atoms with Crippen molar-refractivity contribution in [1.82, 2.24) is 9.97 Å². The lowest BCUT2D eigenvalue weighted by molar-refractivity contribution is 0.415. The van der Waals surface area contributed by atoms with E-state index in [4.69, 9.17) is 4.74 Å². The maximum Gasteiger partial charge on any atom is 0.228 e. The average Bonchev–Trinajstić information content (AvgIpc) is 3.06. The predicted octanol–water partition coefficient (Wildman–Crippen LogP) is 3.93. The van der Waals surface area contributed by atoms with E-state index >= 15 is 0 Å². The molecule has 2 aromatic rings. The predicted molar refractivity (Wildman–Crippen MR) is 94.2 cm³/mol. The molecule has 0 spiro atoms. The molecule has 0 N–H and O–H groups in total. The summed E-state index contributed by atoms with van der Waals surface area (Å²) in [6, 6.07) is 4.76. The highest BCUT2D eigenvalue weighted by Gasteiger charge is 2.19. The number of nitrogens with zero attached hydrogens (tertiary/aromatic N) is 4. The lowest BCUT2D eigenvalue weighted by atomic mass is 10.0. The summed E-state index contributed by atoms with van der Waals surface area (Å²) in [6.07, 6.45) is 7.46. The van der Waals surface area contributed by atoms with Crippen LogP contribution in [0.5, 0.6) is 5.75 Å². The number of aromatic nitrogens is 2. The molecule has 0 atom stereocenters. The molecule has 3 heterocycles. The number of hydrogen-bond acceptors (Lipinski definition) is 5. The van der Waals surface area contributed by atoms with Gasteiger partial charge in [-0.25, -0.2) is 19.4 Å². The lowest BCUT2D eigenvalue weighted by Crippen LogP contribution is -2.10. The quantitative estimate of drug-likeness (QED) is 0.854. The van der Waals surface area contributed by atoms with Gasteiger partial charge in [-0.2, -0.15) is 0 Å². The third kappa shape index (κ3) is 2.76. The van der Waals surface area contributed by atoms with Crippen LogP contribution in [0.3, 0.4) is 0 Å². The van der Waals surface area contributed by atoms with Gasteiger partial charge < -0.3 is 4.74 Å². The van der Waals surface area contributed by atoms with Gasteiger partial charge in [0.15, 0.2) is 0 Å². The Labute approximate surface area is 144 Å². The van der Waals surface area contributed by atoms with Crippen molar-refractivity contribution >= 4 is 11.9 Å². The third-order valence-corrected chi connectivity index (χ3v) is 4.16. The molecule has 5 nitrogen and oxygen atoms in total. The molecule has 0 aliphatic carbocycles. The lowest BCUT2D eigenvalue weighted by Gasteiger charge is -2.14. The van der Waals surface area contributed by atoms with E-state index in [0.29, 0.717) is 29.2 Å². The SMILES string of the molecule is Cc1ncnc(C)c1-c1ccc(OC2=C3C=CN=C3CC=N2)cc1F. The van der Waals surface area contributed by atoms with Crippen LogP contribution >= 0.6 is 0 Å². The first-order valence-corrected chi connectivity index (χ1v) is 7.90. The molecule has 0 saturated carbocycles. The van der Waals surface area contributed by atoms with E-state index in [9.17, 15) is 4.39 Å². The van der Waals surface area contributed by atoms with Gasteiger partial charge in [0, 0.05) is 47.4 Å². The van der Waals surface area contributed by atoms with E-state index in [1.165, 1.54) is 12.4 Å². The van der Waals surface area contributed by atoms with Crippen LogP contribution in [0.15, 0.2) is 58.2 Å². The van der Waals surface area contributed by atoms with Crippen LogP contribution in [0, 0.1) is 19.7 Å². The van der Waals surface area contributed by atoms with E-state index in [-0.39, 0.29) is 5.82 Å². The first-order chi connectivity index (χ1) is 12.1. The van der Waals surface area contributed by atoms with Crippen molar-refractivity contribution in [3.05, 3.63) is 65.5 Å². The molecule has 6 heteroatoms. The van der Waals surface area contributed by atoms with Gasteiger partial charge in [0.1, 0.15) is 17.9 Å². The Hall–Kier alpha value is -3.15. The van der Waals surface area contributed by atoms with Gasteiger partial charge in [-0.15, -0.1) is 0 Å². The number of rotatable bonds is 3. The van der Waals surface area contributed by atoms with Gasteiger partial charge in [-0.1, -0.05) is 0 Å². The normalized spacial score (nSPS) is 15.4. The number of aliphatic imine (C=N–C) groups is 2. The maximum absolute atomic E-state index is 14.7. The van der Waals surface area contributed by atoms with Gasteiger partial charge in [0.25, 0.3) is 0 Å². The third-order valence-electron chi connectivity index (χ3n) is 4.16. The van der Waals surface area contributed by atoms with Gasteiger partial charge >= 0.3 is 0 Å². The molecule has 0 bridgehead atoms. The maximum atomic E-state index is 14.7. The van der Waals surface area contributed by atoms with Gasteiger partial charge in [0.05, 0.1) is 11.3 Å². The van der Waals surface area contributed by atoms with Crippen LogP contribution in [-0.2, 0) is 0 Å².